The third-order valence-corrected chi connectivity index (χ3v) is 3.58. The van der Waals surface area contributed by atoms with E-state index < -0.39 is 0 Å². The van der Waals surface area contributed by atoms with Crippen LogP contribution in [0.5, 0.6) is 5.75 Å². The number of aryl methyl sites for hydroxylation is 1. The third-order valence-electron chi connectivity index (χ3n) is 3.58. The SMILES string of the molecule is Cc1ccc(NC2CCOc3ccccc32)c(C#N)c1. The lowest BCUT2D eigenvalue weighted by Crippen LogP contribution is -2.20. The number of para-hydroxylation sites is 1. The van der Waals surface area contributed by atoms with Crippen molar-refractivity contribution < 1.29 is 4.74 Å². The van der Waals surface area contributed by atoms with Gasteiger partial charge in [0.15, 0.2) is 0 Å². The minimum Gasteiger partial charge on any atom is -0.493 e. The molecule has 0 fully saturated rings. The predicted octanol–water partition coefficient (Wildman–Crippen LogP) is 3.80. The average Bonchev–Trinajstić information content (AvgIpc) is 2.49. The van der Waals surface area contributed by atoms with Crippen LogP contribution in [0.25, 0.3) is 0 Å². The molecule has 0 saturated carbocycles. The maximum atomic E-state index is 9.25. The second-order valence-corrected chi connectivity index (χ2v) is 5.03. The summed E-state index contributed by atoms with van der Waals surface area (Å²) in [6.45, 7) is 2.69. The zero-order valence-corrected chi connectivity index (χ0v) is 11.4. The Kier molecular flexibility index (Phi) is 3.30. The predicted molar refractivity (Wildman–Crippen MR) is 78.8 cm³/mol. The summed E-state index contributed by atoms with van der Waals surface area (Å²) < 4.78 is 5.66. The number of nitrogens with one attached hydrogen (secondary N) is 1. The van der Waals surface area contributed by atoms with Crippen LogP contribution in [0.4, 0.5) is 5.69 Å². The lowest BCUT2D eigenvalue weighted by Gasteiger charge is -2.27. The summed E-state index contributed by atoms with van der Waals surface area (Å²) in [5.74, 6) is 0.932. The minimum atomic E-state index is 0.190. The molecule has 1 unspecified atom stereocenters. The van der Waals surface area contributed by atoms with Crippen molar-refractivity contribution in [2.24, 2.45) is 0 Å². The number of nitrogens with zero attached hydrogens (tertiary/aromatic N) is 1. The molecule has 1 aliphatic rings. The summed E-state index contributed by atoms with van der Waals surface area (Å²) in [4.78, 5) is 0. The number of ether oxygens (including phenoxy) is 1. The fraction of sp³-hybridized carbons (Fsp3) is 0.235. The van der Waals surface area contributed by atoms with Gasteiger partial charge in [-0.15, -0.1) is 0 Å². The molecule has 0 aromatic heterocycles. The fourth-order valence-electron chi connectivity index (χ4n) is 2.56. The van der Waals surface area contributed by atoms with E-state index in [4.69, 9.17) is 4.74 Å². The highest BCUT2D eigenvalue weighted by molar-refractivity contribution is 5.60. The molecular weight excluding hydrogens is 248 g/mol. The summed E-state index contributed by atoms with van der Waals surface area (Å²) in [5, 5.41) is 12.7. The van der Waals surface area contributed by atoms with Crippen molar-refractivity contribution in [2.45, 2.75) is 19.4 Å². The minimum absolute atomic E-state index is 0.190. The van der Waals surface area contributed by atoms with E-state index in [0.29, 0.717) is 12.2 Å². The van der Waals surface area contributed by atoms with Gasteiger partial charge < -0.3 is 10.1 Å². The Morgan fingerprint density at radius 2 is 2.10 bits per heavy atom. The molecule has 1 atom stereocenters. The van der Waals surface area contributed by atoms with Crippen LogP contribution in [-0.2, 0) is 0 Å². The van der Waals surface area contributed by atoms with E-state index in [1.807, 2.05) is 43.3 Å². The number of anilines is 1. The monoisotopic (exact) mass is 264 g/mol. The first-order chi connectivity index (χ1) is 9.78. The van der Waals surface area contributed by atoms with Gasteiger partial charge in [-0.2, -0.15) is 5.26 Å². The van der Waals surface area contributed by atoms with Crippen molar-refractivity contribution in [3.05, 3.63) is 59.2 Å². The molecule has 100 valence electrons. The number of hydrogen-bond acceptors (Lipinski definition) is 3. The number of benzene rings is 2. The Morgan fingerprint density at radius 3 is 2.95 bits per heavy atom. The normalized spacial score (nSPS) is 16.7. The summed E-state index contributed by atoms with van der Waals surface area (Å²) in [5.41, 5.74) is 3.83. The molecular formula is C17H16N2O. The summed E-state index contributed by atoms with van der Waals surface area (Å²) in [7, 11) is 0. The largest absolute Gasteiger partial charge is 0.493 e. The Labute approximate surface area is 118 Å². The van der Waals surface area contributed by atoms with Crippen molar-refractivity contribution in [2.75, 3.05) is 11.9 Å². The molecule has 3 nitrogen and oxygen atoms in total. The number of hydrogen-bond donors (Lipinski definition) is 1. The van der Waals surface area contributed by atoms with Gasteiger partial charge in [-0.25, -0.2) is 0 Å². The average molecular weight is 264 g/mol. The molecule has 3 heteroatoms. The van der Waals surface area contributed by atoms with E-state index in [-0.39, 0.29) is 6.04 Å². The van der Waals surface area contributed by atoms with Gasteiger partial charge in [0.1, 0.15) is 11.8 Å². The molecule has 20 heavy (non-hydrogen) atoms. The first-order valence-corrected chi connectivity index (χ1v) is 6.77. The first-order valence-electron chi connectivity index (χ1n) is 6.77. The van der Waals surface area contributed by atoms with Crippen molar-refractivity contribution in [3.63, 3.8) is 0 Å². The maximum absolute atomic E-state index is 9.25. The maximum Gasteiger partial charge on any atom is 0.124 e. The van der Waals surface area contributed by atoms with Crippen LogP contribution in [0.1, 0.15) is 29.2 Å². The van der Waals surface area contributed by atoms with Crippen LogP contribution in [-0.4, -0.2) is 6.61 Å². The molecule has 1 aliphatic heterocycles. The van der Waals surface area contributed by atoms with Crippen molar-refractivity contribution in [1.29, 1.82) is 5.26 Å². The highest BCUT2D eigenvalue weighted by Crippen LogP contribution is 2.34. The second-order valence-electron chi connectivity index (χ2n) is 5.03. The highest BCUT2D eigenvalue weighted by atomic mass is 16.5. The molecule has 0 aliphatic carbocycles. The van der Waals surface area contributed by atoms with E-state index in [1.165, 1.54) is 0 Å². The first kappa shape index (κ1) is 12.6. The highest BCUT2D eigenvalue weighted by Gasteiger charge is 2.21. The molecule has 2 aromatic carbocycles. The molecule has 2 aromatic rings. The third kappa shape index (κ3) is 2.33. The van der Waals surface area contributed by atoms with Crippen LogP contribution in [0, 0.1) is 18.3 Å². The zero-order valence-electron chi connectivity index (χ0n) is 11.4. The number of fused-ring (bicyclic) bond motifs is 1. The van der Waals surface area contributed by atoms with Crippen LogP contribution in [0.15, 0.2) is 42.5 Å². The molecule has 0 saturated heterocycles. The molecule has 0 spiro atoms. The Bertz CT molecular complexity index is 673. The molecule has 3 rings (SSSR count). The van der Waals surface area contributed by atoms with Crippen LogP contribution >= 0.6 is 0 Å². The molecule has 1 N–H and O–H groups in total. The number of rotatable bonds is 2. The standard InChI is InChI=1S/C17H16N2O/c1-12-6-7-15(13(10-12)11-18)19-16-8-9-20-17-5-3-2-4-14(16)17/h2-7,10,16,19H,8-9H2,1H3. The lowest BCUT2D eigenvalue weighted by atomic mass is 9.99. The lowest BCUT2D eigenvalue weighted by molar-refractivity contribution is 0.274. The smallest absolute Gasteiger partial charge is 0.124 e. The topological polar surface area (TPSA) is 45.0 Å². The quantitative estimate of drug-likeness (QED) is 0.897. The van der Waals surface area contributed by atoms with E-state index in [2.05, 4.69) is 17.5 Å². The van der Waals surface area contributed by atoms with Crippen LogP contribution in [0.2, 0.25) is 0 Å². The summed E-state index contributed by atoms with van der Waals surface area (Å²) >= 11 is 0. The Balaban J connectivity index is 1.92. The van der Waals surface area contributed by atoms with E-state index in [1.54, 1.807) is 0 Å². The molecule has 1 heterocycles. The van der Waals surface area contributed by atoms with E-state index >= 15 is 0 Å². The van der Waals surface area contributed by atoms with Crippen LogP contribution in [0.3, 0.4) is 0 Å². The van der Waals surface area contributed by atoms with Gasteiger partial charge >= 0.3 is 0 Å². The van der Waals surface area contributed by atoms with Crippen molar-refractivity contribution >= 4 is 5.69 Å². The van der Waals surface area contributed by atoms with Gasteiger partial charge in [-0.05, 0) is 30.7 Å². The van der Waals surface area contributed by atoms with Gasteiger partial charge in [-0.3, -0.25) is 0 Å². The van der Waals surface area contributed by atoms with E-state index in [9.17, 15) is 5.26 Å². The van der Waals surface area contributed by atoms with Crippen molar-refractivity contribution in [1.82, 2.24) is 0 Å². The van der Waals surface area contributed by atoms with Gasteiger partial charge in [-0.1, -0.05) is 24.3 Å². The van der Waals surface area contributed by atoms with Crippen molar-refractivity contribution in [3.8, 4) is 11.8 Å². The molecule has 0 bridgehead atoms. The summed E-state index contributed by atoms with van der Waals surface area (Å²) in [6.07, 6.45) is 0.899. The van der Waals surface area contributed by atoms with Gasteiger partial charge in [0.25, 0.3) is 0 Å². The Morgan fingerprint density at radius 1 is 1.25 bits per heavy atom. The fourth-order valence-corrected chi connectivity index (χ4v) is 2.56. The second kappa shape index (κ2) is 5.26. The molecule has 0 radical (unpaired) electrons. The van der Waals surface area contributed by atoms with Crippen LogP contribution < -0.4 is 10.1 Å². The van der Waals surface area contributed by atoms with Gasteiger partial charge in [0, 0.05) is 12.0 Å². The van der Waals surface area contributed by atoms with Gasteiger partial charge in [0.2, 0.25) is 0 Å². The van der Waals surface area contributed by atoms with Gasteiger partial charge in [0.05, 0.1) is 23.9 Å². The Hall–Kier alpha value is -2.47. The molecule has 0 amide bonds. The zero-order chi connectivity index (χ0) is 13.9. The summed E-state index contributed by atoms with van der Waals surface area (Å²) in [6, 6.07) is 16.4. The number of nitriles is 1. The van der Waals surface area contributed by atoms with E-state index in [0.717, 1.165) is 29.0 Å².